The van der Waals surface area contributed by atoms with Crippen molar-refractivity contribution in [3.8, 4) is 6.07 Å². The number of carboxylic acid groups (broad SMARTS) is 1. The zero-order chi connectivity index (χ0) is 13.9. The number of benzene rings is 1. The van der Waals surface area contributed by atoms with Crippen molar-refractivity contribution in [1.82, 2.24) is 0 Å². The highest BCUT2D eigenvalue weighted by molar-refractivity contribution is 6.34. The van der Waals surface area contributed by atoms with E-state index in [1.54, 1.807) is 11.9 Å². The molecule has 0 amide bonds. The molecule has 1 rings (SSSR count). The van der Waals surface area contributed by atoms with Gasteiger partial charge in [-0.1, -0.05) is 11.6 Å². The first-order valence-corrected chi connectivity index (χ1v) is 5.68. The maximum atomic E-state index is 11.2. The van der Waals surface area contributed by atoms with Crippen LogP contribution in [0.3, 0.4) is 0 Å². The maximum absolute atomic E-state index is 11.2. The lowest BCUT2D eigenvalue weighted by Gasteiger charge is -2.27. The van der Waals surface area contributed by atoms with E-state index in [-0.39, 0.29) is 23.0 Å². The Hall–Kier alpha value is -1.93. The van der Waals surface area contributed by atoms with Gasteiger partial charge in [-0.05, 0) is 19.1 Å². The largest absolute Gasteiger partial charge is 0.478 e. The Balaban J connectivity index is 3.30. The SMILES string of the molecule is CC(CC#N)N(C)c1c(Cl)cc(N)cc1C(=O)O. The molecule has 1 atom stereocenters. The molecule has 0 radical (unpaired) electrons. The summed E-state index contributed by atoms with van der Waals surface area (Å²) in [6.45, 7) is 1.82. The van der Waals surface area contributed by atoms with Crippen LogP contribution in [0.5, 0.6) is 0 Å². The van der Waals surface area contributed by atoms with Crippen LogP contribution in [0.2, 0.25) is 5.02 Å². The summed E-state index contributed by atoms with van der Waals surface area (Å²) in [6.07, 6.45) is 0.274. The molecule has 0 aliphatic carbocycles. The van der Waals surface area contributed by atoms with Gasteiger partial charge >= 0.3 is 5.97 Å². The Morgan fingerprint density at radius 2 is 2.28 bits per heavy atom. The maximum Gasteiger partial charge on any atom is 0.337 e. The summed E-state index contributed by atoms with van der Waals surface area (Å²) < 4.78 is 0. The lowest BCUT2D eigenvalue weighted by atomic mass is 10.1. The first-order chi connectivity index (χ1) is 8.38. The van der Waals surface area contributed by atoms with E-state index in [9.17, 15) is 4.79 Å². The van der Waals surface area contributed by atoms with Crippen LogP contribution in [0.25, 0.3) is 0 Å². The predicted molar refractivity (Wildman–Crippen MR) is 70.9 cm³/mol. The minimum atomic E-state index is -1.10. The number of nitrogen functional groups attached to an aromatic ring is 1. The molecule has 0 fully saturated rings. The average Bonchev–Trinajstić information content (AvgIpc) is 2.27. The molecule has 0 aliphatic heterocycles. The van der Waals surface area contributed by atoms with E-state index in [0.29, 0.717) is 11.4 Å². The van der Waals surface area contributed by atoms with Crippen LogP contribution in [0, 0.1) is 11.3 Å². The van der Waals surface area contributed by atoms with Crippen LogP contribution in [0.1, 0.15) is 23.7 Å². The lowest BCUT2D eigenvalue weighted by Crippen LogP contribution is -2.30. The molecular weight excluding hydrogens is 254 g/mol. The number of rotatable bonds is 4. The van der Waals surface area contributed by atoms with Crippen molar-refractivity contribution in [3.05, 3.63) is 22.7 Å². The zero-order valence-corrected chi connectivity index (χ0v) is 10.9. The molecule has 0 aromatic heterocycles. The number of halogens is 1. The van der Waals surface area contributed by atoms with Crippen LogP contribution in [0.4, 0.5) is 11.4 Å². The van der Waals surface area contributed by atoms with Crippen LogP contribution in [-0.4, -0.2) is 24.2 Å². The molecule has 5 nitrogen and oxygen atoms in total. The molecular formula is C12H14ClN3O2. The number of carbonyl (C=O) groups is 1. The Labute approximate surface area is 110 Å². The summed E-state index contributed by atoms with van der Waals surface area (Å²) in [5, 5.41) is 18.1. The number of nitrogens with two attached hydrogens (primary N) is 1. The van der Waals surface area contributed by atoms with Gasteiger partial charge in [0.15, 0.2) is 0 Å². The van der Waals surface area contributed by atoms with Crippen molar-refractivity contribution in [3.63, 3.8) is 0 Å². The van der Waals surface area contributed by atoms with Crippen LogP contribution in [-0.2, 0) is 0 Å². The second kappa shape index (κ2) is 5.61. The van der Waals surface area contributed by atoms with E-state index in [4.69, 9.17) is 27.7 Å². The van der Waals surface area contributed by atoms with Crippen molar-refractivity contribution in [1.29, 1.82) is 5.26 Å². The third kappa shape index (κ3) is 2.84. The third-order valence-electron chi connectivity index (χ3n) is 2.72. The quantitative estimate of drug-likeness (QED) is 0.817. The Kier molecular flexibility index (Phi) is 4.40. The van der Waals surface area contributed by atoms with E-state index < -0.39 is 5.97 Å². The molecule has 96 valence electrons. The van der Waals surface area contributed by atoms with Crippen molar-refractivity contribution in [2.45, 2.75) is 19.4 Å². The van der Waals surface area contributed by atoms with Gasteiger partial charge in [-0.15, -0.1) is 0 Å². The first-order valence-electron chi connectivity index (χ1n) is 5.30. The van der Waals surface area contributed by atoms with Crippen LogP contribution >= 0.6 is 11.6 Å². The van der Waals surface area contributed by atoms with Gasteiger partial charge in [-0.25, -0.2) is 4.79 Å². The van der Waals surface area contributed by atoms with Gasteiger partial charge in [0, 0.05) is 18.8 Å². The summed E-state index contributed by atoms with van der Waals surface area (Å²) in [4.78, 5) is 12.9. The van der Waals surface area contributed by atoms with E-state index in [1.165, 1.54) is 12.1 Å². The molecule has 6 heteroatoms. The smallest absolute Gasteiger partial charge is 0.337 e. The number of anilines is 2. The van der Waals surface area contributed by atoms with Gasteiger partial charge in [-0.3, -0.25) is 0 Å². The van der Waals surface area contributed by atoms with Crippen molar-refractivity contribution in [2.24, 2.45) is 0 Å². The van der Waals surface area contributed by atoms with Gasteiger partial charge in [-0.2, -0.15) is 5.26 Å². The molecule has 1 aromatic rings. The summed E-state index contributed by atoms with van der Waals surface area (Å²) in [6, 6.07) is 4.76. The number of aromatic carboxylic acids is 1. The van der Waals surface area contributed by atoms with Crippen molar-refractivity contribution < 1.29 is 9.90 Å². The van der Waals surface area contributed by atoms with Gasteiger partial charge in [0.2, 0.25) is 0 Å². The Morgan fingerprint density at radius 1 is 1.67 bits per heavy atom. The number of nitrogens with zero attached hydrogens (tertiary/aromatic N) is 2. The highest BCUT2D eigenvalue weighted by atomic mass is 35.5. The Morgan fingerprint density at radius 3 is 2.78 bits per heavy atom. The average molecular weight is 268 g/mol. The third-order valence-corrected chi connectivity index (χ3v) is 3.00. The van der Waals surface area contributed by atoms with Crippen molar-refractivity contribution in [2.75, 3.05) is 17.7 Å². The van der Waals surface area contributed by atoms with Gasteiger partial charge in [0.25, 0.3) is 0 Å². The minimum absolute atomic E-state index is 0.0345. The van der Waals surface area contributed by atoms with Gasteiger partial charge < -0.3 is 15.7 Å². The predicted octanol–water partition coefficient (Wildman–Crippen LogP) is 2.36. The molecule has 1 aromatic carbocycles. The molecule has 1 unspecified atom stereocenters. The van der Waals surface area contributed by atoms with E-state index in [2.05, 4.69) is 0 Å². The molecule has 0 heterocycles. The normalized spacial score (nSPS) is 11.7. The van der Waals surface area contributed by atoms with E-state index >= 15 is 0 Å². The summed E-state index contributed by atoms with van der Waals surface area (Å²) in [7, 11) is 1.70. The fourth-order valence-electron chi connectivity index (χ4n) is 1.63. The lowest BCUT2D eigenvalue weighted by molar-refractivity contribution is 0.0697. The van der Waals surface area contributed by atoms with Gasteiger partial charge in [0.1, 0.15) is 0 Å². The topological polar surface area (TPSA) is 90.4 Å². The van der Waals surface area contributed by atoms with E-state index in [1.807, 2.05) is 13.0 Å². The fraction of sp³-hybridized carbons (Fsp3) is 0.333. The molecule has 3 N–H and O–H groups in total. The monoisotopic (exact) mass is 267 g/mol. The second-order valence-electron chi connectivity index (χ2n) is 4.03. The molecule has 0 spiro atoms. The molecule has 0 saturated heterocycles. The minimum Gasteiger partial charge on any atom is -0.478 e. The highest BCUT2D eigenvalue weighted by Crippen LogP contribution is 2.33. The first kappa shape index (κ1) is 14.1. The number of hydrogen-bond donors (Lipinski definition) is 2. The fourth-order valence-corrected chi connectivity index (χ4v) is 1.99. The van der Waals surface area contributed by atoms with E-state index in [0.717, 1.165) is 0 Å². The van der Waals surface area contributed by atoms with Crippen molar-refractivity contribution >= 4 is 28.9 Å². The number of nitriles is 1. The zero-order valence-electron chi connectivity index (χ0n) is 10.1. The van der Waals surface area contributed by atoms with Crippen LogP contribution < -0.4 is 10.6 Å². The second-order valence-corrected chi connectivity index (χ2v) is 4.43. The summed E-state index contributed by atoms with van der Waals surface area (Å²) in [5.41, 5.74) is 6.29. The molecule has 18 heavy (non-hydrogen) atoms. The molecule has 0 saturated carbocycles. The summed E-state index contributed by atoms with van der Waals surface area (Å²) >= 11 is 6.05. The Bertz CT molecular complexity index is 511. The molecule has 0 aliphatic rings. The van der Waals surface area contributed by atoms with Crippen LogP contribution in [0.15, 0.2) is 12.1 Å². The summed E-state index contributed by atoms with van der Waals surface area (Å²) in [5.74, 6) is -1.10. The number of hydrogen-bond acceptors (Lipinski definition) is 4. The highest BCUT2D eigenvalue weighted by Gasteiger charge is 2.21. The number of carboxylic acids is 1. The standard InChI is InChI=1S/C12H14ClN3O2/c1-7(3-4-14)16(2)11-9(12(17)18)5-8(15)6-10(11)13/h5-7H,3,15H2,1-2H3,(H,17,18). The van der Waals surface area contributed by atoms with Gasteiger partial charge in [0.05, 0.1) is 28.8 Å². The molecule has 0 bridgehead atoms.